The smallest absolute Gasteiger partial charge is 0.408 e. The average Bonchev–Trinajstić information content (AvgIpc) is 2.37. The normalized spacial score (nSPS) is 12.4. The molecule has 1 atom stereocenters. The maximum Gasteiger partial charge on any atom is 0.408 e. The van der Waals surface area contributed by atoms with E-state index in [9.17, 15) is 14.7 Å². The number of nitrogen functional groups attached to an aromatic ring is 1. The Morgan fingerprint density at radius 3 is 2.43 bits per heavy atom. The lowest BCUT2D eigenvalue weighted by Gasteiger charge is -2.22. The van der Waals surface area contributed by atoms with Crippen molar-refractivity contribution >= 4 is 23.4 Å². The fraction of sp³-hybridized carbons (Fsp3) is 0.500. The first-order valence-corrected chi connectivity index (χ1v) is 7.32. The summed E-state index contributed by atoms with van der Waals surface area (Å²) in [5.74, 6) is -1.16. The number of aryl methyl sites for hydroxylation is 2. The highest BCUT2D eigenvalue weighted by Gasteiger charge is 2.24. The summed E-state index contributed by atoms with van der Waals surface area (Å²) in [6.07, 6.45) is -0.778. The number of carbonyl (C=O) groups is 2. The Hall–Kier alpha value is -2.44. The number of benzene rings is 1. The molecule has 5 N–H and O–H groups in total. The van der Waals surface area contributed by atoms with E-state index in [1.807, 2.05) is 26.0 Å². The van der Waals surface area contributed by atoms with Gasteiger partial charge in [0.05, 0.1) is 11.4 Å². The summed E-state index contributed by atoms with van der Waals surface area (Å²) in [5.41, 5.74) is 8.38. The number of anilines is 2. The first-order chi connectivity index (χ1) is 10.5. The van der Waals surface area contributed by atoms with Crippen LogP contribution in [-0.2, 0) is 9.53 Å². The molecule has 1 amide bonds. The lowest BCUT2D eigenvalue weighted by Crippen LogP contribution is -2.47. The van der Waals surface area contributed by atoms with Gasteiger partial charge in [-0.1, -0.05) is 6.07 Å². The number of rotatable bonds is 5. The molecule has 0 bridgehead atoms. The summed E-state index contributed by atoms with van der Waals surface area (Å²) in [4.78, 5) is 23.0. The van der Waals surface area contributed by atoms with Crippen LogP contribution in [-0.4, -0.2) is 35.4 Å². The van der Waals surface area contributed by atoms with Gasteiger partial charge in [0.15, 0.2) is 0 Å². The van der Waals surface area contributed by atoms with E-state index in [0.29, 0.717) is 11.4 Å². The van der Waals surface area contributed by atoms with Crippen molar-refractivity contribution in [1.29, 1.82) is 0 Å². The molecule has 0 radical (unpaired) electrons. The van der Waals surface area contributed by atoms with Gasteiger partial charge in [-0.2, -0.15) is 0 Å². The van der Waals surface area contributed by atoms with Crippen LogP contribution in [0.2, 0.25) is 0 Å². The van der Waals surface area contributed by atoms with Crippen LogP contribution in [0.5, 0.6) is 0 Å². The highest BCUT2D eigenvalue weighted by molar-refractivity contribution is 5.81. The number of hydrogen-bond donors (Lipinski definition) is 4. The third-order valence-corrected chi connectivity index (χ3v) is 3.02. The fourth-order valence-corrected chi connectivity index (χ4v) is 1.99. The molecule has 1 aromatic rings. The van der Waals surface area contributed by atoms with Crippen LogP contribution in [0, 0.1) is 13.8 Å². The van der Waals surface area contributed by atoms with Crippen LogP contribution in [0.3, 0.4) is 0 Å². The minimum absolute atomic E-state index is 0.0122. The summed E-state index contributed by atoms with van der Waals surface area (Å²) in [5, 5.41) is 14.5. The Kier molecular flexibility index (Phi) is 5.84. The monoisotopic (exact) mass is 323 g/mol. The van der Waals surface area contributed by atoms with E-state index in [1.165, 1.54) is 0 Å². The first kappa shape index (κ1) is 18.6. The maximum atomic E-state index is 11.7. The molecule has 0 saturated carbocycles. The predicted molar refractivity (Wildman–Crippen MR) is 89.6 cm³/mol. The summed E-state index contributed by atoms with van der Waals surface area (Å²) in [7, 11) is 0. The lowest BCUT2D eigenvalue weighted by molar-refractivity contribution is -0.139. The molecule has 0 aliphatic rings. The van der Waals surface area contributed by atoms with Crippen LogP contribution in [0.1, 0.15) is 31.9 Å². The topological polar surface area (TPSA) is 114 Å². The van der Waals surface area contributed by atoms with Crippen LogP contribution in [0.15, 0.2) is 12.1 Å². The first-order valence-electron chi connectivity index (χ1n) is 7.32. The third-order valence-electron chi connectivity index (χ3n) is 3.02. The Morgan fingerprint density at radius 2 is 1.91 bits per heavy atom. The van der Waals surface area contributed by atoms with Gasteiger partial charge in [0.1, 0.15) is 11.6 Å². The molecule has 0 unspecified atom stereocenters. The van der Waals surface area contributed by atoms with E-state index < -0.39 is 23.7 Å². The predicted octanol–water partition coefficient (Wildman–Crippen LogP) is 2.28. The Morgan fingerprint density at radius 1 is 1.30 bits per heavy atom. The highest BCUT2D eigenvalue weighted by Crippen LogP contribution is 2.24. The molecule has 0 saturated heterocycles. The molecule has 0 spiro atoms. The number of nitrogens with one attached hydrogen (secondary N) is 2. The SMILES string of the molecule is Cc1cc(C)c(N)c(NC[C@H](NC(=O)OC(C)(C)C)C(=O)O)c1. The number of amides is 1. The second kappa shape index (κ2) is 7.21. The third kappa shape index (κ3) is 6.06. The van der Waals surface area contributed by atoms with E-state index in [-0.39, 0.29) is 6.54 Å². The van der Waals surface area contributed by atoms with Crippen molar-refractivity contribution in [3.8, 4) is 0 Å². The minimum atomic E-state index is -1.16. The van der Waals surface area contributed by atoms with Crippen LogP contribution >= 0.6 is 0 Å². The van der Waals surface area contributed by atoms with Gasteiger partial charge in [-0.3, -0.25) is 0 Å². The Labute approximate surface area is 136 Å². The zero-order valence-electron chi connectivity index (χ0n) is 14.2. The van der Waals surface area contributed by atoms with Crippen molar-refractivity contribution in [2.24, 2.45) is 0 Å². The molecule has 0 fully saturated rings. The molecular formula is C16H25N3O4. The van der Waals surface area contributed by atoms with Gasteiger partial charge in [0.2, 0.25) is 0 Å². The molecule has 23 heavy (non-hydrogen) atoms. The number of alkyl carbamates (subject to hydrolysis) is 1. The largest absolute Gasteiger partial charge is 0.480 e. The van der Waals surface area contributed by atoms with Gasteiger partial charge in [0.25, 0.3) is 0 Å². The minimum Gasteiger partial charge on any atom is -0.480 e. The van der Waals surface area contributed by atoms with Crippen LogP contribution in [0.25, 0.3) is 0 Å². The molecule has 128 valence electrons. The molecule has 0 heterocycles. The van der Waals surface area contributed by atoms with Gasteiger partial charge in [0, 0.05) is 6.54 Å². The Balaban J connectivity index is 2.75. The zero-order valence-corrected chi connectivity index (χ0v) is 14.2. The van der Waals surface area contributed by atoms with Gasteiger partial charge >= 0.3 is 12.1 Å². The highest BCUT2D eigenvalue weighted by atomic mass is 16.6. The summed E-state index contributed by atoms with van der Waals surface area (Å²) >= 11 is 0. The van der Waals surface area contributed by atoms with Crippen LogP contribution in [0.4, 0.5) is 16.2 Å². The molecule has 7 heteroatoms. The molecule has 0 aliphatic heterocycles. The number of carboxylic acids is 1. The molecule has 1 rings (SSSR count). The molecular weight excluding hydrogens is 298 g/mol. The Bertz CT molecular complexity index is 594. The maximum absolute atomic E-state index is 11.7. The van der Waals surface area contributed by atoms with Gasteiger partial charge in [-0.15, -0.1) is 0 Å². The van der Waals surface area contributed by atoms with E-state index >= 15 is 0 Å². The van der Waals surface area contributed by atoms with Crippen molar-refractivity contribution in [2.45, 2.75) is 46.3 Å². The van der Waals surface area contributed by atoms with E-state index in [0.717, 1.165) is 11.1 Å². The van der Waals surface area contributed by atoms with E-state index in [2.05, 4.69) is 10.6 Å². The molecule has 0 aliphatic carbocycles. The second-order valence-corrected chi connectivity index (χ2v) is 6.46. The number of hydrogen-bond acceptors (Lipinski definition) is 5. The van der Waals surface area contributed by atoms with E-state index in [1.54, 1.807) is 20.8 Å². The zero-order chi connectivity index (χ0) is 17.8. The number of aliphatic carboxylic acids is 1. The van der Waals surface area contributed by atoms with Gasteiger partial charge in [-0.05, 0) is 51.8 Å². The number of carbonyl (C=O) groups excluding carboxylic acids is 1. The standard InChI is InChI=1S/C16H25N3O4/c1-9-6-10(2)13(17)11(7-9)18-8-12(14(20)21)19-15(22)23-16(3,4)5/h6-7,12,18H,8,17H2,1-5H3,(H,19,22)(H,20,21)/t12-/m0/s1. The molecule has 0 aromatic heterocycles. The van der Waals surface area contributed by atoms with Crippen molar-refractivity contribution in [2.75, 3.05) is 17.6 Å². The number of ether oxygens (including phenoxy) is 1. The summed E-state index contributed by atoms with van der Waals surface area (Å²) in [6.45, 7) is 8.90. The second-order valence-electron chi connectivity index (χ2n) is 6.46. The average molecular weight is 323 g/mol. The van der Waals surface area contributed by atoms with Crippen LogP contribution < -0.4 is 16.4 Å². The van der Waals surface area contributed by atoms with Crippen molar-refractivity contribution < 1.29 is 19.4 Å². The van der Waals surface area contributed by atoms with Crippen molar-refractivity contribution in [3.63, 3.8) is 0 Å². The quantitative estimate of drug-likeness (QED) is 0.618. The molecule has 1 aromatic carbocycles. The summed E-state index contributed by atoms with van der Waals surface area (Å²) < 4.78 is 5.07. The molecule has 7 nitrogen and oxygen atoms in total. The summed E-state index contributed by atoms with van der Waals surface area (Å²) in [6, 6.07) is 2.63. The van der Waals surface area contributed by atoms with E-state index in [4.69, 9.17) is 10.5 Å². The lowest BCUT2D eigenvalue weighted by atomic mass is 10.1. The van der Waals surface area contributed by atoms with Gasteiger partial charge < -0.3 is 26.2 Å². The van der Waals surface area contributed by atoms with Gasteiger partial charge in [-0.25, -0.2) is 9.59 Å². The fourth-order valence-electron chi connectivity index (χ4n) is 1.99. The van der Waals surface area contributed by atoms with Crippen molar-refractivity contribution in [1.82, 2.24) is 5.32 Å². The number of nitrogens with two attached hydrogens (primary N) is 1. The van der Waals surface area contributed by atoms with Crippen molar-refractivity contribution in [3.05, 3.63) is 23.3 Å². The number of carboxylic acid groups (broad SMARTS) is 1.